The highest BCUT2D eigenvalue weighted by Gasteiger charge is 2.19. The van der Waals surface area contributed by atoms with Crippen molar-refractivity contribution in [3.8, 4) is 11.5 Å². The van der Waals surface area contributed by atoms with Gasteiger partial charge in [0.1, 0.15) is 11.9 Å². The van der Waals surface area contributed by atoms with Gasteiger partial charge in [-0.2, -0.15) is 0 Å². The molecule has 0 aliphatic carbocycles. The number of nitro groups is 1. The van der Waals surface area contributed by atoms with Crippen LogP contribution in [0.25, 0.3) is 0 Å². The average Bonchev–Trinajstić information content (AvgIpc) is 2.46. The van der Waals surface area contributed by atoms with Gasteiger partial charge in [0.15, 0.2) is 0 Å². The maximum Gasteiger partial charge on any atom is 0.311 e. The minimum Gasteiger partial charge on any atom is -0.489 e. The normalized spacial score (nSPS) is 18.6. The van der Waals surface area contributed by atoms with Gasteiger partial charge in [0.2, 0.25) is 5.75 Å². The predicted molar refractivity (Wildman–Crippen MR) is 75.4 cm³/mol. The van der Waals surface area contributed by atoms with Crippen LogP contribution in [0.5, 0.6) is 11.5 Å². The lowest BCUT2D eigenvalue weighted by Crippen LogP contribution is -2.37. The van der Waals surface area contributed by atoms with Crippen molar-refractivity contribution in [3.05, 3.63) is 28.3 Å². The maximum atomic E-state index is 11.0. The number of nitrogens with zero attached hydrogens (tertiary/aromatic N) is 1. The molecular formula is C14H20N2O4. The molecule has 110 valence electrons. The van der Waals surface area contributed by atoms with Crippen molar-refractivity contribution in [2.75, 3.05) is 19.7 Å². The number of piperidine rings is 1. The van der Waals surface area contributed by atoms with Crippen molar-refractivity contribution in [2.45, 2.75) is 32.3 Å². The third-order valence-corrected chi connectivity index (χ3v) is 3.14. The SMILES string of the molecule is CCCOc1cc(O[C@H]2CCCNC2)ccc1[N+](=O)[O-]. The van der Waals surface area contributed by atoms with Crippen molar-refractivity contribution in [3.63, 3.8) is 0 Å². The Morgan fingerprint density at radius 2 is 2.35 bits per heavy atom. The highest BCUT2D eigenvalue weighted by molar-refractivity contribution is 5.50. The van der Waals surface area contributed by atoms with Crippen LogP contribution in [0.1, 0.15) is 26.2 Å². The Hall–Kier alpha value is -1.82. The molecule has 0 radical (unpaired) electrons. The lowest BCUT2D eigenvalue weighted by molar-refractivity contribution is -0.385. The van der Waals surface area contributed by atoms with E-state index in [1.54, 1.807) is 12.1 Å². The van der Waals surface area contributed by atoms with E-state index in [9.17, 15) is 10.1 Å². The van der Waals surface area contributed by atoms with Crippen molar-refractivity contribution < 1.29 is 14.4 Å². The minimum atomic E-state index is -0.434. The summed E-state index contributed by atoms with van der Waals surface area (Å²) in [4.78, 5) is 10.5. The van der Waals surface area contributed by atoms with Crippen molar-refractivity contribution in [1.29, 1.82) is 0 Å². The van der Waals surface area contributed by atoms with Crippen LogP contribution >= 0.6 is 0 Å². The molecule has 1 saturated heterocycles. The highest BCUT2D eigenvalue weighted by atomic mass is 16.6. The van der Waals surface area contributed by atoms with E-state index in [0.717, 1.165) is 32.4 Å². The van der Waals surface area contributed by atoms with E-state index in [2.05, 4.69) is 5.32 Å². The van der Waals surface area contributed by atoms with Gasteiger partial charge >= 0.3 is 5.69 Å². The fourth-order valence-electron chi connectivity index (χ4n) is 2.16. The maximum absolute atomic E-state index is 11.0. The summed E-state index contributed by atoms with van der Waals surface area (Å²) in [7, 11) is 0. The molecule has 1 aliphatic heterocycles. The molecule has 2 rings (SSSR count). The standard InChI is InChI=1S/C14H20N2O4/c1-2-8-19-14-9-11(5-6-13(14)16(17)18)20-12-4-3-7-15-10-12/h5-6,9,12,15H,2-4,7-8,10H2,1H3/t12-/m0/s1. The molecule has 0 saturated carbocycles. The second kappa shape index (κ2) is 7.09. The van der Waals surface area contributed by atoms with E-state index in [1.807, 2.05) is 6.92 Å². The van der Waals surface area contributed by atoms with Crippen LogP contribution in [0.2, 0.25) is 0 Å². The molecule has 6 nitrogen and oxygen atoms in total. The molecule has 20 heavy (non-hydrogen) atoms. The number of hydrogen-bond donors (Lipinski definition) is 1. The summed E-state index contributed by atoms with van der Waals surface area (Å²) in [6, 6.07) is 4.69. The first-order valence-corrected chi connectivity index (χ1v) is 6.99. The van der Waals surface area contributed by atoms with Gasteiger partial charge in [-0.1, -0.05) is 6.92 Å². The average molecular weight is 280 g/mol. The monoisotopic (exact) mass is 280 g/mol. The summed E-state index contributed by atoms with van der Waals surface area (Å²) in [5, 5.41) is 14.2. The van der Waals surface area contributed by atoms with E-state index in [-0.39, 0.29) is 17.5 Å². The lowest BCUT2D eigenvalue weighted by atomic mass is 10.1. The zero-order chi connectivity index (χ0) is 14.4. The smallest absolute Gasteiger partial charge is 0.311 e. The first kappa shape index (κ1) is 14.6. The van der Waals surface area contributed by atoms with E-state index >= 15 is 0 Å². The Morgan fingerprint density at radius 3 is 3.00 bits per heavy atom. The van der Waals surface area contributed by atoms with Gasteiger partial charge in [-0.3, -0.25) is 10.1 Å². The van der Waals surface area contributed by atoms with Gasteiger partial charge in [0, 0.05) is 18.7 Å². The third-order valence-electron chi connectivity index (χ3n) is 3.14. The molecule has 0 spiro atoms. The van der Waals surface area contributed by atoms with Gasteiger partial charge in [0.25, 0.3) is 0 Å². The van der Waals surface area contributed by atoms with Gasteiger partial charge in [0.05, 0.1) is 11.5 Å². The van der Waals surface area contributed by atoms with Crippen LogP contribution in [-0.4, -0.2) is 30.7 Å². The zero-order valence-corrected chi connectivity index (χ0v) is 11.6. The van der Waals surface area contributed by atoms with Gasteiger partial charge in [-0.25, -0.2) is 0 Å². The zero-order valence-electron chi connectivity index (χ0n) is 11.6. The summed E-state index contributed by atoms with van der Waals surface area (Å²) in [5.74, 6) is 0.897. The van der Waals surface area contributed by atoms with Crippen LogP contribution in [0, 0.1) is 10.1 Å². The Balaban J connectivity index is 2.10. The molecule has 0 bridgehead atoms. The van der Waals surface area contributed by atoms with Crippen LogP contribution < -0.4 is 14.8 Å². The highest BCUT2D eigenvalue weighted by Crippen LogP contribution is 2.32. The first-order chi connectivity index (χ1) is 9.70. The summed E-state index contributed by atoms with van der Waals surface area (Å²) in [6.45, 7) is 4.24. The summed E-state index contributed by atoms with van der Waals surface area (Å²) in [5.41, 5.74) is -0.0208. The Morgan fingerprint density at radius 1 is 1.50 bits per heavy atom. The van der Waals surface area contributed by atoms with Crippen LogP contribution in [0.4, 0.5) is 5.69 Å². The molecule has 1 aromatic carbocycles. The molecule has 0 aromatic heterocycles. The third kappa shape index (κ3) is 3.84. The number of hydrogen-bond acceptors (Lipinski definition) is 5. The number of rotatable bonds is 6. The number of ether oxygens (including phenoxy) is 2. The fraction of sp³-hybridized carbons (Fsp3) is 0.571. The molecule has 1 aromatic rings. The summed E-state index contributed by atoms with van der Waals surface area (Å²) >= 11 is 0. The molecule has 1 N–H and O–H groups in total. The van der Waals surface area contributed by atoms with Gasteiger partial charge < -0.3 is 14.8 Å². The Labute approximate surface area is 118 Å². The predicted octanol–water partition coefficient (Wildman–Crippen LogP) is 2.51. The number of benzene rings is 1. The molecule has 1 fully saturated rings. The van der Waals surface area contributed by atoms with Crippen molar-refractivity contribution in [1.82, 2.24) is 5.32 Å². The second-order valence-corrected chi connectivity index (χ2v) is 4.82. The van der Waals surface area contributed by atoms with Crippen LogP contribution in [-0.2, 0) is 0 Å². The number of nitro benzene ring substituents is 1. The van der Waals surface area contributed by atoms with E-state index in [0.29, 0.717) is 12.4 Å². The van der Waals surface area contributed by atoms with Gasteiger partial charge in [-0.15, -0.1) is 0 Å². The fourth-order valence-corrected chi connectivity index (χ4v) is 2.16. The van der Waals surface area contributed by atoms with Crippen LogP contribution in [0.15, 0.2) is 18.2 Å². The molecule has 0 unspecified atom stereocenters. The molecule has 1 atom stereocenters. The quantitative estimate of drug-likeness (QED) is 0.640. The van der Waals surface area contributed by atoms with Crippen molar-refractivity contribution in [2.24, 2.45) is 0 Å². The summed E-state index contributed by atoms with van der Waals surface area (Å²) < 4.78 is 11.3. The summed E-state index contributed by atoms with van der Waals surface area (Å²) in [6.07, 6.45) is 2.99. The largest absolute Gasteiger partial charge is 0.489 e. The number of nitrogens with one attached hydrogen (secondary N) is 1. The minimum absolute atomic E-state index is 0.0208. The molecule has 1 aliphatic rings. The molecule has 6 heteroatoms. The van der Waals surface area contributed by atoms with E-state index in [1.165, 1.54) is 6.07 Å². The van der Waals surface area contributed by atoms with Gasteiger partial charge in [-0.05, 0) is 31.9 Å². The molecule has 1 heterocycles. The van der Waals surface area contributed by atoms with Crippen LogP contribution in [0.3, 0.4) is 0 Å². The Kier molecular flexibility index (Phi) is 5.17. The molecule has 0 amide bonds. The van der Waals surface area contributed by atoms with E-state index < -0.39 is 4.92 Å². The topological polar surface area (TPSA) is 73.6 Å². The first-order valence-electron chi connectivity index (χ1n) is 6.99. The second-order valence-electron chi connectivity index (χ2n) is 4.82. The lowest BCUT2D eigenvalue weighted by Gasteiger charge is -2.24. The molecular weight excluding hydrogens is 260 g/mol. The van der Waals surface area contributed by atoms with Crippen molar-refractivity contribution >= 4 is 5.69 Å². The van der Waals surface area contributed by atoms with E-state index in [4.69, 9.17) is 9.47 Å². The Bertz CT molecular complexity index is 458.